The summed E-state index contributed by atoms with van der Waals surface area (Å²) in [6.45, 7) is 2.31. The second kappa shape index (κ2) is 8.02. The predicted molar refractivity (Wildman–Crippen MR) is 106 cm³/mol. The smallest absolute Gasteiger partial charge is 0.321 e. The van der Waals surface area contributed by atoms with Crippen molar-refractivity contribution in [2.75, 3.05) is 12.8 Å². The lowest BCUT2D eigenvalue weighted by molar-refractivity contribution is -0.117. The van der Waals surface area contributed by atoms with Crippen molar-refractivity contribution in [3.05, 3.63) is 33.2 Å². The van der Waals surface area contributed by atoms with E-state index in [0.717, 1.165) is 22.2 Å². The molecule has 2 N–H and O–H groups in total. The zero-order chi connectivity index (χ0) is 18.7. The average Bonchev–Trinajstić information content (AvgIpc) is 3.29. The fraction of sp³-hybridized carbons (Fsp3) is 0.250. The monoisotopic (exact) mass is 408 g/mol. The van der Waals surface area contributed by atoms with Gasteiger partial charge < -0.3 is 5.32 Å². The van der Waals surface area contributed by atoms with E-state index in [-0.39, 0.29) is 11.3 Å². The van der Waals surface area contributed by atoms with Gasteiger partial charge in [-0.15, -0.1) is 22.7 Å². The summed E-state index contributed by atoms with van der Waals surface area (Å²) >= 11 is 4.13. The van der Waals surface area contributed by atoms with Crippen LogP contribution in [0.2, 0.25) is 0 Å². The van der Waals surface area contributed by atoms with Gasteiger partial charge in [0, 0.05) is 29.4 Å². The number of urea groups is 1. The van der Waals surface area contributed by atoms with Crippen LogP contribution in [0.15, 0.2) is 32.8 Å². The number of thioether (sulfide) groups is 1. The molecule has 0 saturated carbocycles. The molecule has 3 aromatic heterocycles. The molecule has 0 saturated heterocycles. The summed E-state index contributed by atoms with van der Waals surface area (Å²) in [5, 5.41) is 9.50. The third-order valence-electron chi connectivity index (χ3n) is 3.57. The van der Waals surface area contributed by atoms with E-state index < -0.39 is 11.9 Å². The number of imide groups is 1. The quantitative estimate of drug-likeness (QED) is 0.500. The van der Waals surface area contributed by atoms with Crippen LogP contribution in [0.1, 0.15) is 6.92 Å². The number of nitrogens with one attached hydrogen (secondary N) is 2. The molecule has 7 nitrogen and oxygen atoms in total. The van der Waals surface area contributed by atoms with Gasteiger partial charge in [0.15, 0.2) is 5.16 Å². The van der Waals surface area contributed by atoms with Crippen LogP contribution in [0.4, 0.5) is 4.79 Å². The van der Waals surface area contributed by atoms with Crippen molar-refractivity contribution in [1.29, 1.82) is 0 Å². The van der Waals surface area contributed by atoms with Crippen molar-refractivity contribution in [2.24, 2.45) is 0 Å². The van der Waals surface area contributed by atoms with Gasteiger partial charge in [0.2, 0.25) is 5.91 Å². The topological polar surface area (TPSA) is 93.1 Å². The summed E-state index contributed by atoms with van der Waals surface area (Å²) in [6, 6.07) is 3.36. The highest BCUT2D eigenvalue weighted by Crippen LogP contribution is 2.34. The van der Waals surface area contributed by atoms with Crippen LogP contribution in [0, 0.1) is 0 Å². The number of aromatic nitrogens is 2. The number of fused-ring (bicyclic) bond motifs is 1. The third-order valence-corrected chi connectivity index (χ3v) is 6.33. The fourth-order valence-electron chi connectivity index (χ4n) is 2.36. The van der Waals surface area contributed by atoms with Crippen molar-refractivity contribution >= 4 is 56.6 Å². The molecule has 136 valence electrons. The van der Waals surface area contributed by atoms with Crippen molar-refractivity contribution in [3.63, 3.8) is 0 Å². The van der Waals surface area contributed by atoms with E-state index in [2.05, 4.69) is 15.6 Å². The zero-order valence-corrected chi connectivity index (χ0v) is 16.5. The van der Waals surface area contributed by atoms with E-state index in [1.54, 1.807) is 15.9 Å². The van der Waals surface area contributed by atoms with Gasteiger partial charge >= 0.3 is 6.03 Å². The maximum Gasteiger partial charge on any atom is 0.321 e. The van der Waals surface area contributed by atoms with Crippen LogP contribution >= 0.6 is 34.4 Å². The van der Waals surface area contributed by atoms with Crippen LogP contribution in [0.5, 0.6) is 0 Å². The van der Waals surface area contributed by atoms with Crippen LogP contribution in [-0.2, 0) is 11.3 Å². The van der Waals surface area contributed by atoms with Crippen LogP contribution < -0.4 is 16.2 Å². The number of hydrogen-bond acceptors (Lipinski definition) is 7. The molecular weight excluding hydrogens is 392 g/mol. The molecule has 10 heteroatoms. The molecule has 0 radical (unpaired) electrons. The summed E-state index contributed by atoms with van der Waals surface area (Å²) in [5.74, 6) is -0.453. The Kier molecular flexibility index (Phi) is 5.74. The Labute approximate surface area is 161 Å². The molecule has 3 rings (SSSR count). The molecule has 3 aromatic rings. The molecule has 0 bridgehead atoms. The molecule has 3 heterocycles. The van der Waals surface area contributed by atoms with E-state index >= 15 is 0 Å². The van der Waals surface area contributed by atoms with E-state index in [1.165, 1.54) is 18.4 Å². The minimum absolute atomic E-state index is 0.00543. The Morgan fingerprint density at radius 1 is 1.35 bits per heavy atom. The summed E-state index contributed by atoms with van der Waals surface area (Å²) in [4.78, 5) is 42.2. The molecule has 0 aliphatic heterocycles. The van der Waals surface area contributed by atoms with Gasteiger partial charge in [0.05, 0.1) is 11.1 Å². The van der Waals surface area contributed by atoms with E-state index in [0.29, 0.717) is 21.9 Å². The van der Waals surface area contributed by atoms with Crippen LogP contribution in [-0.4, -0.2) is 34.3 Å². The number of carbonyl (C=O) groups excluding carboxylic acids is 2. The lowest BCUT2D eigenvalue weighted by Crippen LogP contribution is -2.38. The Morgan fingerprint density at radius 3 is 2.81 bits per heavy atom. The number of rotatable bonds is 5. The minimum Gasteiger partial charge on any atom is -0.341 e. The SMILES string of the molecule is CCn1c(SCC(=O)NC(=O)NC)nc2scc(-c3cccs3)c2c1=O. The number of carbonyl (C=O) groups is 2. The van der Waals surface area contributed by atoms with Gasteiger partial charge in [0.1, 0.15) is 4.83 Å². The Balaban J connectivity index is 1.94. The first-order chi connectivity index (χ1) is 12.5. The van der Waals surface area contributed by atoms with Crippen LogP contribution in [0.3, 0.4) is 0 Å². The van der Waals surface area contributed by atoms with E-state index in [1.807, 2.05) is 29.8 Å². The van der Waals surface area contributed by atoms with Crippen molar-refractivity contribution in [3.8, 4) is 10.4 Å². The third kappa shape index (κ3) is 3.67. The summed E-state index contributed by atoms with van der Waals surface area (Å²) < 4.78 is 1.56. The summed E-state index contributed by atoms with van der Waals surface area (Å²) in [7, 11) is 1.43. The molecule has 3 amide bonds. The van der Waals surface area contributed by atoms with Gasteiger partial charge in [-0.2, -0.15) is 0 Å². The molecule has 0 spiro atoms. The normalized spacial score (nSPS) is 10.8. The largest absolute Gasteiger partial charge is 0.341 e. The Morgan fingerprint density at radius 2 is 2.15 bits per heavy atom. The number of amides is 3. The summed E-state index contributed by atoms with van der Waals surface area (Å²) in [5.41, 5.74) is 0.782. The lowest BCUT2D eigenvalue weighted by atomic mass is 10.2. The Hall–Kier alpha value is -2.17. The minimum atomic E-state index is -0.564. The van der Waals surface area contributed by atoms with Gasteiger partial charge in [-0.05, 0) is 18.4 Å². The van der Waals surface area contributed by atoms with Gasteiger partial charge in [0.25, 0.3) is 5.56 Å². The molecule has 0 unspecified atom stereocenters. The molecule has 0 aliphatic carbocycles. The number of nitrogens with zero attached hydrogens (tertiary/aromatic N) is 2. The van der Waals surface area contributed by atoms with E-state index in [9.17, 15) is 14.4 Å². The first-order valence-electron chi connectivity index (χ1n) is 7.75. The van der Waals surface area contributed by atoms with Crippen molar-refractivity contribution in [2.45, 2.75) is 18.6 Å². The van der Waals surface area contributed by atoms with E-state index in [4.69, 9.17) is 0 Å². The predicted octanol–water partition coefficient (Wildman–Crippen LogP) is 2.75. The van der Waals surface area contributed by atoms with Crippen molar-refractivity contribution < 1.29 is 9.59 Å². The molecule has 0 atom stereocenters. The Bertz CT molecular complexity index is 1010. The first kappa shape index (κ1) is 18.6. The van der Waals surface area contributed by atoms with Gasteiger partial charge in [-0.1, -0.05) is 17.8 Å². The van der Waals surface area contributed by atoms with Crippen LogP contribution in [0.25, 0.3) is 20.7 Å². The summed E-state index contributed by atoms with van der Waals surface area (Å²) in [6.07, 6.45) is 0. The second-order valence-corrected chi connectivity index (χ2v) is 7.91. The van der Waals surface area contributed by atoms with Gasteiger partial charge in [-0.25, -0.2) is 9.78 Å². The standard InChI is InChI=1S/C16H16N4O3S3/c1-3-20-14(22)12-9(10-5-4-6-24-10)7-25-13(12)19-16(20)26-8-11(21)18-15(23)17-2/h4-7H,3,8H2,1-2H3,(H2,17,18,21,23). The fourth-order valence-corrected chi connectivity index (χ4v) is 5.03. The second-order valence-electron chi connectivity index (χ2n) is 5.17. The molecule has 26 heavy (non-hydrogen) atoms. The number of hydrogen-bond donors (Lipinski definition) is 2. The molecule has 0 aromatic carbocycles. The van der Waals surface area contributed by atoms with Gasteiger partial charge in [-0.3, -0.25) is 19.5 Å². The number of thiophene rings is 2. The van der Waals surface area contributed by atoms with Crippen molar-refractivity contribution in [1.82, 2.24) is 20.2 Å². The maximum atomic E-state index is 13.0. The highest BCUT2D eigenvalue weighted by Gasteiger charge is 2.18. The molecule has 0 aliphatic rings. The molecular formula is C16H16N4O3S3. The highest BCUT2D eigenvalue weighted by atomic mass is 32.2. The first-order valence-corrected chi connectivity index (χ1v) is 10.5. The highest BCUT2D eigenvalue weighted by molar-refractivity contribution is 7.99. The zero-order valence-electron chi connectivity index (χ0n) is 14.1. The lowest BCUT2D eigenvalue weighted by Gasteiger charge is -2.10. The average molecular weight is 409 g/mol. The molecule has 0 fully saturated rings. The maximum absolute atomic E-state index is 13.0.